The molecule has 132 valence electrons. The molecule has 1 aliphatic heterocycles. The minimum Gasteiger partial charge on any atom is -0.486 e. The summed E-state index contributed by atoms with van der Waals surface area (Å²) < 4.78 is 48.9. The molecule has 0 fully saturated rings. The molecule has 8 heteroatoms. The van der Waals surface area contributed by atoms with Gasteiger partial charge in [-0.3, -0.25) is 9.78 Å². The lowest BCUT2D eigenvalue weighted by atomic mass is 10.2. The van der Waals surface area contributed by atoms with Crippen molar-refractivity contribution in [3.63, 3.8) is 0 Å². The average Bonchev–Trinajstić information content (AvgIpc) is 2.60. The molecule has 3 rings (SSSR count). The first kappa shape index (κ1) is 17.1. The van der Waals surface area contributed by atoms with Gasteiger partial charge in [0.05, 0.1) is 12.1 Å². The van der Waals surface area contributed by atoms with E-state index in [0.29, 0.717) is 11.5 Å². The van der Waals surface area contributed by atoms with Gasteiger partial charge in [-0.25, -0.2) is 0 Å². The lowest BCUT2D eigenvalue weighted by Gasteiger charge is -2.29. The van der Waals surface area contributed by atoms with Crippen LogP contribution in [0, 0.1) is 0 Å². The maximum Gasteiger partial charge on any atom is 0.433 e. The third-order valence-electron chi connectivity index (χ3n) is 3.69. The van der Waals surface area contributed by atoms with Crippen LogP contribution in [-0.2, 0) is 6.18 Å². The molecule has 2 aromatic rings. The number of hydrogen-bond acceptors (Lipinski definition) is 4. The highest BCUT2D eigenvalue weighted by atomic mass is 19.4. The number of pyridine rings is 1. The predicted molar refractivity (Wildman–Crippen MR) is 82.6 cm³/mol. The van der Waals surface area contributed by atoms with Crippen LogP contribution in [-0.4, -0.2) is 42.1 Å². The Hall–Kier alpha value is -2.77. The number of carbonyl (C=O) groups is 1. The number of amides is 1. The van der Waals surface area contributed by atoms with Crippen molar-refractivity contribution < 1.29 is 27.4 Å². The maximum atomic E-state index is 12.5. The number of fused-ring (bicyclic) bond motifs is 1. The quantitative estimate of drug-likeness (QED) is 0.852. The number of para-hydroxylation sites is 2. The monoisotopic (exact) mass is 352 g/mol. The smallest absolute Gasteiger partial charge is 0.433 e. The lowest BCUT2D eigenvalue weighted by molar-refractivity contribution is -0.141. The summed E-state index contributed by atoms with van der Waals surface area (Å²) in [4.78, 5) is 17.0. The van der Waals surface area contributed by atoms with Gasteiger partial charge in [-0.2, -0.15) is 13.2 Å². The number of nitrogens with zero attached hydrogens (tertiary/aromatic N) is 2. The van der Waals surface area contributed by atoms with Gasteiger partial charge in [0, 0.05) is 13.2 Å². The van der Waals surface area contributed by atoms with Gasteiger partial charge in [0.25, 0.3) is 5.91 Å². The van der Waals surface area contributed by atoms with Crippen LogP contribution < -0.4 is 9.47 Å². The number of likely N-dealkylation sites (N-methyl/N-ethyl adjacent to an activating group) is 1. The van der Waals surface area contributed by atoms with Crippen LogP contribution in [0.3, 0.4) is 0 Å². The Labute approximate surface area is 142 Å². The first-order valence-corrected chi connectivity index (χ1v) is 7.52. The number of carbonyl (C=O) groups excluding carboxylic acids is 1. The Kier molecular flexibility index (Phi) is 4.52. The summed E-state index contributed by atoms with van der Waals surface area (Å²) in [6.07, 6.45) is -3.98. The molecule has 1 aliphatic rings. The second kappa shape index (κ2) is 6.62. The van der Waals surface area contributed by atoms with Gasteiger partial charge in [-0.15, -0.1) is 0 Å². The molecule has 25 heavy (non-hydrogen) atoms. The normalized spacial score (nSPS) is 16.4. The molecular formula is C17H15F3N2O3. The molecule has 0 bridgehead atoms. The van der Waals surface area contributed by atoms with E-state index in [0.717, 1.165) is 18.3 Å². The molecule has 0 aliphatic carbocycles. The first-order valence-electron chi connectivity index (χ1n) is 7.52. The van der Waals surface area contributed by atoms with Crippen molar-refractivity contribution in [1.82, 2.24) is 9.88 Å². The topological polar surface area (TPSA) is 51.7 Å². The van der Waals surface area contributed by atoms with Crippen LogP contribution in [0.15, 0.2) is 42.6 Å². The number of ether oxygens (including phenoxy) is 2. The summed E-state index contributed by atoms with van der Waals surface area (Å²) >= 11 is 0. The minimum absolute atomic E-state index is 0.0765. The Morgan fingerprint density at radius 3 is 2.60 bits per heavy atom. The van der Waals surface area contributed by atoms with E-state index >= 15 is 0 Å². The fourth-order valence-corrected chi connectivity index (χ4v) is 2.45. The van der Waals surface area contributed by atoms with Gasteiger partial charge in [-0.1, -0.05) is 12.1 Å². The Balaban J connectivity index is 1.63. The van der Waals surface area contributed by atoms with E-state index < -0.39 is 17.8 Å². The zero-order chi connectivity index (χ0) is 18.0. The number of alkyl halides is 3. The van der Waals surface area contributed by atoms with Crippen molar-refractivity contribution in [1.29, 1.82) is 0 Å². The number of halogens is 3. The first-order chi connectivity index (χ1) is 11.8. The largest absolute Gasteiger partial charge is 0.486 e. The van der Waals surface area contributed by atoms with E-state index in [2.05, 4.69) is 4.98 Å². The van der Waals surface area contributed by atoms with E-state index in [9.17, 15) is 18.0 Å². The maximum absolute atomic E-state index is 12.5. The van der Waals surface area contributed by atoms with Crippen LogP contribution in [0.4, 0.5) is 13.2 Å². The van der Waals surface area contributed by atoms with Crippen molar-refractivity contribution in [3.05, 3.63) is 53.9 Å². The molecule has 0 spiro atoms. The molecule has 0 radical (unpaired) electrons. The van der Waals surface area contributed by atoms with Crippen LogP contribution >= 0.6 is 0 Å². The molecule has 1 amide bonds. The number of aromatic nitrogens is 1. The number of benzene rings is 1. The van der Waals surface area contributed by atoms with Crippen LogP contribution in [0.5, 0.6) is 11.5 Å². The van der Waals surface area contributed by atoms with Gasteiger partial charge in [0.15, 0.2) is 17.6 Å². The van der Waals surface area contributed by atoms with E-state index in [1.807, 2.05) is 12.1 Å². The standard InChI is InChI=1S/C17H15F3N2O3/c1-22(9-12-10-24-13-4-2-3-5-14(13)25-12)16(23)11-6-7-15(21-8-11)17(18,19)20/h2-8,12H,9-10H2,1H3. The van der Waals surface area contributed by atoms with Crippen molar-refractivity contribution in [2.45, 2.75) is 12.3 Å². The van der Waals surface area contributed by atoms with Gasteiger partial charge < -0.3 is 14.4 Å². The van der Waals surface area contributed by atoms with Crippen LogP contribution in [0.25, 0.3) is 0 Å². The Bertz CT molecular complexity index is 762. The summed E-state index contributed by atoms with van der Waals surface area (Å²) in [6.45, 7) is 0.508. The third kappa shape index (κ3) is 3.84. The van der Waals surface area contributed by atoms with E-state index in [1.165, 1.54) is 4.90 Å². The summed E-state index contributed by atoms with van der Waals surface area (Å²) in [5, 5.41) is 0. The van der Waals surface area contributed by atoms with E-state index in [1.54, 1.807) is 19.2 Å². The number of hydrogen-bond donors (Lipinski definition) is 0. The summed E-state index contributed by atoms with van der Waals surface area (Å²) in [7, 11) is 1.55. The highest BCUT2D eigenvalue weighted by molar-refractivity contribution is 5.93. The highest BCUT2D eigenvalue weighted by Gasteiger charge is 2.32. The molecule has 1 aromatic carbocycles. The van der Waals surface area contributed by atoms with E-state index in [-0.39, 0.29) is 24.8 Å². The molecule has 0 saturated heterocycles. The third-order valence-corrected chi connectivity index (χ3v) is 3.69. The van der Waals surface area contributed by atoms with Crippen molar-refractivity contribution in [2.24, 2.45) is 0 Å². The molecule has 5 nitrogen and oxygen atoms in total. The lowest BCUT2D eigenvalue weighted by Crippen LogP contribution is -2.41. The summed E-state index contributed by atoms with van der Waals surface area (Å²) in [5.41, 5.74) is -0.958. The molecule has 2 heterocycles. The average molecular weight is 352 g/mol. The number of rotatable bonds is 3. The fraction of sp³-hybridized carbons (Fsp3) is 0.294. The van der Waals surface area contributed by atoms with Crippen LogP contribution in [0.1, 0.15) is 16.1 Å². The minimum atomic E-state index is -4.53. The molecular weight excluding hydrogens is 337 g/mol. The zero-order valence-corrected chi connectivity index (χ0v) is 13.3. The van der Waals surface area contributed by atoms with Gasteiger partial charge in [0.1, 0.15) is 12.3 Å². The summed E-state index contributed by atoms with van der Waals surface area (Å²) in [5.74, 6) is 0.791. The summed E-state index contributed by atoms with van der Waals surface area (Å²) in [6, 6.07) is 9.10. The molecule has 0 saturated carbocycles. The van der Waals surface area contributed by atoms with Gasteiger partial charge >= 0.3 is 6.18 Å². The molecule has 0 N–H and O–H groups in total. The van der Waals surface area contributed by atoms with Crippen molar-refractivity contribution >= 4 is 5.91 Å². The second-order valence-corrected chi connectivity index (χ2v) is 5.61. The SMILES string of the molecule is CN(CC1COc2ccccc2O1)C(=O)c1ccc(C(F)(F)F)nc1. The van der Waals surface area contributed by atoms with E-state index in [4.69, 9.17) is 9.47 Å². The molecule has 1 unspecified atom stereocenters. The zero-order valence-electron chi connectivity index (χ0n) is 13.3. The van der Waals surface area contributed by atoms with Gasteiger partial charge in [0.2, 0.25) is 0 Å². The highest BCUT2D eigenvalue weighted by Crippen LogP contribution is 2.31. The predicted octanol–water partition coefficient (Wildman–Crippen LogP) is 3.01. The molecule has 1 atom stereocenters. The Morgan fingerprint density at radius 1 is 1.24 bits per heavy atom. The fourth-order valence-electron chi connectivity index (χ4n) is 2.45. The van der Waals surface area contributed by atoms with Crippen molar-refractivity contribution in [2.75, 3.05) is 20.2 Å². The Morgan fingerprint density at radius 2 is 1.96 bits per heavy atom. The van der Waals surface area contributed by atoms with Gasteiger partial charge in [-0.05, 0) is 24.3 Å². The second-order valence-electron chi connectivity index (χ2n) is 5.61. The molecule has 1 aromatic heterocycles. The van der Waals surface area contributed by atoms with Crippen LogP contribution in [0.2, 0.25) is 0 Å². The van der Waals surface area contributed by atoms with Crippen molar-refractivity contribution in [3.8, 4) is 11.5 Å².